The second kappa shape index (κ2) is 6.55. The van der Waals surface area contributed by atoms with Crippen LogP contribution >= 0.6 is 0 Å². The Morgan fingerprint density at radius 1 is 1.16 bits per heavy atom. The predicted molar refractivity (Wildman–Crippen MR) is 83.5 cm³/mol. The number of para-hydroxylation sites is 1. The standard InChI is InChI=1S/C17H24N2/c1-4-13(3)10-15(5-2)19-16-11-14-8-6-7-9-17(14)18-12-16/h6-9,11-13,15,19H,4-5,10H2,1-3H3. The third-order valence-electron chi connectivity index (χ3n) is 3.84. The summed E-state index contributed by atoms with van der Waals surface area (Å²) < 4.78 is 0. The van der Waals surface area contributed by atoms with E-state index in [1.54, 1.807) is 0 Å². The van der Waals surface area contributed by atoms with Crippen molar-refractivity contribution in [1.82, 2.24) is 4.98 Å². The van der Waals surface area contributed by atoms with Gasteiger partial charge < -0.3 is 5.32 Å². The summed E-state index contributed by atoms with van der Waals surface area (Å²) in [6, 6.07) is 11.0. The summed E-state index contributed by atoms with van der Waals surface area (Å²) in [4.78, 5) is 4.51. The highest BCUT2D eigenvalue weighted by Gasteiger charge is 2.10. The number of nitrogens with one attached hydrogen (secondary N) is 1. The molecular weight excluding hydrogens is 232 g/mol. The molecule has 2 heteroatoms. The van der Waals surface area contributed by atoms with Crippen molar-refractivity contribution in [3.63, 3.8) is 0 Å². The maximum Gasteiger partial charge on any atom is 0.0703 e. The van der Waals surface area contributed by atoms with Crippen molar-refractivity contribution >= 4 is 16.6 Å². The van der Waals surface area contributed by atoms with E-state index in [0.29, 0.717) is 6.04 Å². The van der Waals surface area contributed by atoms with Crippen LogP contribution in [0.4, 0.5) is 5.69 Å². The molecule has 1 heterocycles. The second-order valence-electron chi connectivity index (χ2n) is 5.42. The molecule has 2 atom stereocenters. The molecule has 1 aromatic heterocycles. The molecule has 0 amide bonds. The van der Waals surface area contributed by atoms with Crippen molar-refractivity contribution in [2.24, 2.45) is 5.92 Å². The van der Waals surface area contributed by atoms with Gasteiger partial charge in [-0.2, -0.15) is 0 Å². The van der Waals surface area contributed by atoms with E-state index in [1.807, 2.05) is 12.3 Å². The summed E-state index contributed by atoms with van der Waals surface area (Å²) in [5.41, 5.74) is 2.19. The highest BCUT2D eigenvalue weighted by atomic mass is 14.9. The topological polar surface area (TPSA) is 24.9 Å². The van der Waals surface area contributed by atoms with E-state index in [1.165, 1.54) is 18.2 Å². The van der Waals surface area contributed by atoms with Crippen LogP contribution in [-0.2, 0) is 0 Å². The van der Waals surface area contributed by atoms with Crippen molar-refractivity contribution in [2.45, 2.75) is 46.1 Å². The zero-order valence-electron chi connectivity index (χ0n) is 12.2. The van der Waals surface area contributed by atoms with Crippen LogP contribution < -0.4 is 5.32 Å². The fraction of sp³-hybridized carbons (Fsp3) is 0.471. The van der Waals surface area contributed by atoms with Crippen LogP contribution in [0.1, 0.15) is 40.0 Å². The Labute approximate surface area is 116 Å². The molecule has 0 saturated heterocycles. The van der Waals surface area contributed by atoms with Crippen molar-refractivity contribution in [1.29, 1.82) is 0 Å². The molecule has 0 aliphatic heterocycles. The number of hydrogen-bond donors (Lipinski definition) is 1. The summed E-state index contributed by atoms with van der Waals surface area (Å²) in [6.45, 7) is 6.83. The van der Waals surface area contributed by atoms with Gasteiger partial charge in [-0.1, -0.05) is 45.4 Å². The van der Waals surface area contributed by atoms with Gasteiger partial charge in [0.05, 0.1) is 17.4 Å². The van der Waals surface area contributed by atoms with Crippen molar-refractivity contribution in [3.05, 3.63) is 36.5 Å². The molecule has 102 valence electrons. The maximum absolute atomic E-state index is 4.51. The SMILES string of the molecule is CCC(C)CC(CC)Nc1cnc2ccccc2c1. The van der Waals surface area contributed by atoms with E-state index in [4.69, 9.17) is 0 Å². The lowest BCUT2D eigenvalue weighted by atomic mass is 9.97. The first kappa shape index (κ1) is 13.9. The molecule has 19 heavy (non-hydrogen) atoms. The van der Waals surface area contributed by atoms with Crippen LogP contribution in [0.5, 0.6) is 0 Å². The summed E-state index contributed by atoms with van der Waals surface area (Å²) in [7, 11) is 0. The minimum Gasteiger partial charge on any atom is -0.381 e. The molecule has 1 aromatic carbocycles. The molecule has 0 radical (unpaired) electrons. The number of benzene rings is 1. The molecule has 0 aliphatic carbocycles. The number of rotatable bonds is 6. The Bertz CT molecular complexity index is 521. The quantitative estimate of drug-likeness (QED) is 0.798. The molecule has 0 bridgehead atoms. The van der Waals surface area contributed by atoms with E-state index in [0.717, 1.165) is 23.5 Å². The van der Waals surface area contributed by atoms with E-state index in [2.05, 4.69) is 55.3 Å². The number of anilines is 1. The normalized spacial score (nSPS) is 14.3. The van der Waals surface area contributed by atoms with E-state index in [-0.39, 0.29) is 0 Å². The average Bonchev–Trinajstić information content (AvgIpc) is 2.46. The number of pyridine rings is 1. The fourth-order valence-electron chi connectivity index (χ4n) is 2.37. The first-order chi connectivity index (χ1) is 9.22. The summed E-state index contributed by atoms with van der Waals surface area (Å²) in [5, 5.41) is 4.82. The van der Waals surface area contributed by atoms with Crippen molar-refractivity contribution < 1.29 is 0 Å². The smallest absolute Gasteiger partial charge is 0.0703 e. The van der Waals surface area contributed by atoms with Crippen LogP contribution in [0.25, 0.3) is 10.9 Å². The van der Waals surface area contributed by atoms with E-state index in [9.17, 15) is 0 Å². The van der Waals surface area contributed by atoms with Gasteiger partial charge >= 0.3 is 0 Å². The van der Waals surface area contributed by atoms with Crippen LogP contribution in [0.3, 0.4) is 0 Å². The Balaban J connectivity index is 2.10. The number of aromatic nitrogens is 1. The average molecular weight is 256 g/mol. The lowest BCUT2D eigenvalue weighted by Crippen LogP contribution is -2.21. The molecular formula is C17H24N2. The summed E-state index contributed by atoms with van der Waals surface area (Å²) >= 11 is 0. The Morgan fingerprint density at radius 2 is 1.95 bits per heavy atom. The minimum atomic E-state index is 0.540. The van der Waals surface area contributed by atoms with Crippen LogP contribution in [0.15, 0.2) is 36.5 Å². The minimum absolute atomic E-state index is 0.540. The molecule has 0 spiro atoms. The lowest BCUT2D eigenvalue weighted by molar-refractivity contribution is 0.462. The number of nitrogens with zero attached hydrogens (tertiary/aromatic N) is 1. The Morgan fingerprint density at radius 3 is 2.68 bits per heavy atom. The molecule has 1 N–H and O–H groups in total. The molecule has 2 rings (SSSR count). The second-order valence-corrected chi connectivity index (χ2v) is 5.42. The van der Waals surface area contributed by atoms with Gasteiger partial charge in [-0.05, 0) is 30.9 Å². The summed E-state index contributed by atoms with van der Waals surface area (Å²) in [5.74, 6) is 0.769. The van der Waals surface area contributed by atoms with Crippen molar-refractivity contribution in [3.8, 4) is 0 Å². The molecule has 0 fully saturated rings. The van der Waals surface area contributed by atoms with E-state index < -0.39 is 0 Å². The maximum atomic E-state index is 4.51. The lowest BCUT2D eigenvalue weighted by Gasteiger charge is -2.21. The largest absolute Gasteiger partial charge is 0.381 e. The Hall–Kier alpha value is -1.57. The Kier molecular flexibility index (Phi) is 4.78. The molecule has 2 unspecified atom stereocenters. The van der Waals surface area contributed by atoms with Crippen LogP contribution in [0.2, 0.25) is 0 Å². The highest BCUT2D eigenvalue weighted by molar-refractivity contribution is 5.81. The van der Waals surface area contributed by atoms with Gasteiger partial charge in [-0.15, -0.1) is 0 Å². The highest BCUT2D eigenvalue weighted by Crippen LogP contribution is 2.20. The monoisotopic (exact) mass is 256 g/mol. The van der Waals surface area contributed by atoms with Gasteiger partial charge in [0.1, 0.15) is 0 Å². The molecule has 0 aliphatic rings. The predicted octanol–water partition coefficient (Wildman–Crippen LogP) is 4.86. The van der Waals surface area contributed by atoms with Gasteiger partial charge in [0, 0.05) is 11.4 Å². The van der Waals surface area contributed by atoms with E-state index >= 15 is 0 Å². The first-order valence-electron chi connectivity index (χ1n) is 7.34. The van der Waals surface area contributed by atoms with Gasteiger partial charge in [0.15, 0.2) is 0 Å². The zero-order valence-corrected chi connectivity index (χ0v) is 12.2. The third kappa shape index (κ3) is 3.69. The van der Waals surface area contributed by atoms with Gasteiger partial charge in [0.25, 0.3) is 0 Å². The molecule has 0 saturated carbocycles. The number of fused-ring (bicyclic) bond motifs is 1. The zero-order chi connectivity index (χ0) is 13.7. The van der Waals surface area contributed by atoms with Gasteiger partial charge in [-0.3, -0.25) is 4.98 Å². The number of hydrogen-bond acceptors (Lipinski definition) is 2. The third-order valence-corrected chi connectivity index (χ3v) is 3.84. The van der Waals surface area contributed by atoms with Gasteiger partial charge in [-0.25, -0.2) is 0 Å². The molecule has 2 aromatic rings. The first-order valence-corrected chi connectivity index (χ1v) is 7.34. The fourth-order valence-corrected chi connectivity index (χ4v) is 2.37. The molecule has 2 nitrogen and oxygen atoms in total. The van der Waals surface area contributed by atoms with Crippen LogP contribution in [0, 0.1) is 5.92 Å². The van der Waals surface area contributed by atoms with Crippen LogP contribution in [-0.4, -0.2) is 11.0 Å². The summed E-state index contributed by atoms with van der Waals surface area (Å²) in [6.07, 6.45) is 5.56. The van der Waals surface area contributed by atoms with Crippen molar-refractivity contribution in [2.75, 3.05) is 5.32 Å². The van der Waals surface area contributed by atoms with Gasteiger partial charge in [0.2, 0.25) is 0 Å².